The van der Waals surface area contributed by atoms with E-state index in [1.165, 1.54) is 0 Å². The molecule has 0 amide bonds. The Kier molecular flexibility index (Phi) is 3.01. The van der Waals surface area contributed by atoms with E-state index >= 15 is 0 Å². The van der Waals surface area contributed by atoms with Gasteiger partial charge >= 0.3 is 0 Å². The van der Waals surface area contributed by atoms with Gasteiger partial charge in [-0.1, -0.05) is 6.82 Å². The number of hydrogen-bond acceptors (Lipinski definition) is 3. The Bertz CT molecular complexity index is 471. The molecule has 2 aromatic heterocycles. The first-order valence-corrected chi connectivity index (χ1v) is 6.63. The van der Waals surface area contributed by atoms with E-state index in [4.69, 9.17) is 0 Å². The van der Waals surface area contributed by atoms with Gasteiger partial charge in [0.1, 0.15) is 8.73 Å². The molecule has 72 valence electrons. The summed E-state index contributed by atoms with van der Waals surface area (Å²) in [7, 11) is 0.956. The Balaban J connectivity index is 2.76. The molecule has 2 aromatic rings. The van der Waals surface area contributed by atoms with Gasteiger partial charge in [-0.15, -0.1) is 11.8 Å². The standard InChI is InChI=1S/C8H9BIN3S/c1-9-5-4-13-6(10)3-11-7(13)8(12-5)14-2/h3-4,9H,1-2H3. The molecule has 0 saturated carbocycles. The third-order valence-corrected chi connectivity index (χ3v) is 3.48. The molecule has 0 aliphatic rings. The van der Waals surface area contributed by atoms with Crippen molar-refractivity contribution in [1.29, 1.82) is 0 Å². The fraction of sp³-hybridized carbons (Fsp3) is 0.250. The minimum atomic E-state index is 0.956. The average Bonchev–Trinajstić information content (AvgIpc) is 2.59. The molecule has 0 aromatic carbocycles. The summed E-state index contributed by atoms with van der Waals surface area (Å²) in [6, 6.07) is 0. The van der Waals surface area contributed by atoms with Gasteiger partial charge < -0.3 is 0 Å². The minimum absolute atomic E-state index is 0.956. The molecule has 0 radical (unpaired) electrons. The number of thioether (sulfide) groups is 1. The summed E-state index contributed by atoms with van der Waals surface area (Å²) in [6.45, 7) is 2.11. The van der Waals surface area contributed by atoms with Crippen LogP contribution in [0.5, 0.6) is 0 Å². The largest absolute Gasteiger partial charge is 0.292 e. The first kappa shape index (κ1) is 10.3. The van der Waals surface area contributed by atoms with Crippen LogP contribution in [0.25, 0.3) is 5.65 Å². The summed E-state index contributed by atoms with van der Waals surface area (Å²) >= 11 is 3.93. The molecular formula is C8H9BIN3S. The molecule has 0 aliphatic heterocycles. The van der Waals surface area contributed by atoms with Crippen molar-refractivity contribution in [3.8, 4) is 0 Å². The highest BCUT2D eigenvalue weighted by Gasteiger charge is 2.08. The van der Waals surface area contributed by atoms with Crippen molar-refractivity contribution in [3.63, 3.8) is 0 Å². The predicted octanol–water partition coefficient (Wildman–Crippen LogP) is 1.17. The second-order valence-electron chi connectivity index (χ2n) is 2.87. The van der Waals surface area contributed by atoms with Gasteiger partial charge in [0.25, 0.3) is 0 Å². The summed E-state index contributed by atoms with van der Waals surface area (Å²) in [5.41, 5.74) is 2.07. The molecule has 2 rings (SSSR count). The average molecular weight is 317 g/mol. The second kappa shape index (κ2) is 4.10. The maximum atomic E-state index is 4.53. The number of imidazole rings is 1. The summed E-state index contributed by atoms with van der Waals surface area (Å²) < 4.78 is 3.23. The van der Waals surface area contributed by atoms with Crippen LogP contribution in [0.2, 0.25) is 6.82 Å². The van der Waals surface area contributed by atoms with Crippen LogP contribution >= 0.6 is 34.4 Å². The Morgan fingerprint density at radius 3 is 3.00 bits per heavy atom. The summed E-state index contributed by atoms with van der Waals surface area (Å²) in [4.78, 5) is 8.86. The van der Waals surface area contributed by atoms with Crippen LogP contribution < -0.4 is 5.59 Å². The van der Waals surface area contributed by atoms with Crippen molar-refractivity contribution in [2.24, 2.45) is 0 Å². The van der Waals surface area contributed by atoms with Crippen molar-refractivity contribution in [2.45, 2.75) is 11.8 Å². The molecule has 0 aliphatic carbocycles. The SMILES string of the molecule is CBc1cn2c(I)cnc2c(SC)n1. The van der Waals surface area contributed by atoms with Gasteiger partial charge in [-0.25, -0.2) is 4.98 Å². The lowest BCUT2D eigenvalue weighted by Crippen LogP contribution is -2.18. The van der Waals surface area contributed by atoms with E-state index in [-0.39, 0.29) is 0 Å². The highest BCUT2D eigenvalue weighted by Crippen LogP contribution is 2.18. The second-order valence-corrected chi connectivity index (χ2v) is 4.77. The van der Waals surface area contributed by atoms with Gasteiger partial charge in [0.15, 0.2) is 12.9 Å². The van der Waals surface area contributed by atoms with Gasteiger partial charge in [-0.3, -0.25) is 9.38 Å². The zero-order valence-corrected chi connectivity index (χ0v) is 11.0. The molecule has 0 atom stereocenters. The number of hydrogen-bond donors (Lipinski definition) is 0. The Labute approximate surface area is 101 Å². The van der Waals surface area contributed by atoms with Crippen molar-refractivity contribution < 1.29 is 0 Å². The van der Waals surface area contributed by atoms with Crippen LogP contribution in [0, 0.1) is 3.70 Å². The van der Waals surface area contributed by atoms with E-state index in [0.717, 1.165) is 27.2 Å². The van der Waals surface area contributed by atoms with Crippen LogP contribution in [0.3, 0.4) is 0 Å². The van der Waals surface area contributed by atoms with Crippen LogP contribution in [-0.4, -0.2) is 27.9 Å². The zero-order valence-electron chi connectivity index (χ0n) is 7.99. The van der Waals surface area contributed by atoms with Gasteiger partial charge in [0, 0.05) is 11.8 Å². The van der Waals surface area contributed by atoms with Gasteiger partial charge in [0.2, 0.25) is 0 Å². The molecule has 0 bridgehead atoms. The number of nitrogens with zero attached hydrogens (tertiary/aromatic N) is 3. The Morgan fingerprint density at radius 1 is 1.57 bits per heavy atom. The fourth-order valence-corrected chi connectivity index (χ4v) is 2.34. The minimum Gasteiger partial charge on any atom is -0.292 e. The highest BCUT2D eigenvalue weighted by molar-refractivity contribution is 14.1. The molecule has 6 heteroatoms. The van der Waals surface area contributed by atoms with Crippen molar-refractivity contribution in [2.75, 3.05) is 6.26 Å². The predicted molar refractivity (Wildman–Crippen MR) is 70.1 cm³/mol. The van der Waals surface area contributed by atoms with Crippen molar-refractivity contribution in [1.82, 2.24) is 14.4 Å². The molecule has 0 N–H and O–H groups in total. The smallest absolute Gasteiger partial charge is 0.181 e. The first-order valence-electron chi connectivity index (χ1n) is 4.32. The fourth-order valence-electron chi connectivity index (χ4n) is 1.29. The van der Waals surface area contributed by atoms with E-state index < -0.39 is 0 Å². The van der Waals surface area contributed by atoms with Crippen LogP contribution in [0.1, 0.15) is 0 Å². The summed E-state index contributed by atoms with van der Waals surface area (Å²) in [6.07, 6.45) is 5.96. The number of fused-ring (bicyclic) bond motifs is 1. The van der Waals surface area contributed by atoms with Crippen LogP contribution in [0.4, 0.5) is 0 Å². The van der Waals surface area contributed by atoms with E-state index in [1.54, 1.807) is 11.8 Å². The van der Waals surface area contributed by atoms with Gasteiger partial charge in [0.05, 0.1) is 6.20 Å². The van der Waals surface area contributed by atoms with Gasteiger partial charge in [-0.05, 0) is 28.8 Å². The van der Waals surface area contributed by atoms with Crippen LogP contribution in [0.15, 0.2) is 17.4 Å². The molecular weight excluding hydrogens is 308 g/mol. The summed E-state index contributed by atoms with van der Waals surface area (Å²) in [5, 5.41) is 1.01. The van der Waals surface area contributed by atoms with E-state index in [1.807, 2.05) is 12.5 Å². The van der Waals surface area contributed by atoms with E-state index in [2.05, 4.69) is 50.0 Å². The van der Waals surface area contributed by atoms with Crippen molar-refractivity contribution >= 4 is 52.9 Å². The third-order valence-electron chi connectivity index (χ3n) is 2.02. The monoisotopic (exact) mass is 317 g/mol. The summed E-state index contributed by atoms with van der Waals surface area (Å²) in [5.74, 6) is 0. The Hall–Kier alpha value is -0.235. The molecule has 2 heterocycles. The lowest BCUT2D eigenvalue weighted by molar-refractivity contribution is 1.05. The lowest BCUT2D eigenvalue weighted by Gasteiger charge is -2.03. The van der Waals surface area contributed by atoms with E-state index in [9.17, 15) is 0 Å². The zero-order chi connectivity index (χ0) is 10.1. The van der Waals surface area contributed by atoms with Crippen molar-refractivity contribution in [3.05, 3.63) is 16.1 Å². The normalized spacial score (nSPS) is 10.8. The lowest BCUT2D eigenvalue weighted by atomic mass is 9.78. The first-order chi connectivity index (χ1) is 6.76. The Morgan fingerprint density at radius 2 is 2.36 bits per heavy atom. The quantitative estimate of drug-likeness (QED) is 0.473. The molecule has 0 unspecified atom stereocenters. The molecule has 0 fully saturated rings. The topological polar surface area (TPSA) is 30.2 Å². The maximum absolute atomic E-state index is 4.53. The molecule has 14 heavy (non-hydrogen) atoms. The molecule has 3 nitrogen and oxygen atoms in total. The molecule has 0 spiro atoms. The highest BCUT2D eigenvalue weighted by atomic mass is 127. The van der Waals surface area contributed by atoms with Gasteiger partial charge in [-0.2, -0.15) is 0 Å². The van der Waals surface area contributed by atoms with Crippen LogP contribution in [-0.2, 0) is 0 Å². The maximum Gasteiger partial charge on any atom is 0.181 e. The molecule has 0 saturated heterocycles. The van der Waals surface area contributed by atoms with E-state index in [0.29, 0.717) is 0 Å². The third kappa shape index (κ3) is 1.65. The number of aromatic nitrogens is 3. The number of halogens is 1. The number of rotatable bonds is 2.